The molecule has 0 aliphatic carbocycles. The van der Waals surface area contributed by atoms with Crippen molar-refractivity contribution in [2.45, 2.75) is 33.0 Å². The predicted molar refractivity (Wildman–Crippen MR) is 203 cm³/mol. The van der Waals surface area contributed by atoms with Crippen molar-refractivity contribution in [2.24, 2.45) is 0 Å². The van der Waals surface area contributed by atoms with Crippen LogP contribution in [-0.4, -0.2) is 115 Å². The molecule has 56 heavy (non-hydrogen) atoms. The molecule has 0 atom stereocenters. The van der Waals surface area contributed by atoms with Crippen LogP contribution in [0.5, 0.6) is 5.75 Å². The molecule has 0 unspecified atom stereocenters. The van der Waals surface area contributed by atoms with Crippen molar-refractivity contribution in [3.63, 3.8) is 0 Å². The molecule has 2 fully saturated rings. The van der Waals surface area contributed by atoms with Crippen molar-refractivity contribution in [3.8, 4) is 17.1 Å². The molecular formula is C37H39ClF3N11O4. The van der Waals surface area contributed by atoms with E-state index < -0.39 is 29.1 Å². The van der Waals surface area contributed by atoms with Crippen LogP contribution >= 0.6 is 11.6 Å². The maximum atomic E-state index is 14.4. The minimum atomic E-state index is -4.62. The van der Waals surface area contributed by atoms with Crippen LogP contribution in [0.25, 0.3) is 17.2 Å². The number of carbonyl (C=O) groups excluding carboxylic acids is 2. The molecule has 0 bridgehead atoms. The lowest BCUT2D eigenvalue weighted by Crippen LogP contribution is -2.51. The Morgan fingerprint density at radius 3 is 2.27 bits per heavy atom. The van der Waals surface area contributed by atoms with Gasteiger partial charge in [-0.3, -0.25) is 14.4 Å². The summed E-state index contributed by atoms with van der Waals surface area (Å²) < 4.78 is 42.6. The van der Waals surface area contributed by atoms with Gasteiger partial charge in [-0.2, -0.15) is 22.7 Å². The number of likely N-dealkylation sites (N-methyl/N-ethyl adjacent to an activating group) is 1. The highest BCUT2D eigenvalue weighted by Crippen LogP contribution is 2.34. The van der Waals surface area contributed by atoms with Crippen LogP contribution in [0.1, 0.15) is 34.4 Å². The number of hydrogen-bond donors (Lipinski definition) is 2. The van der Waals surface area contributed by atoms with E-state index in [9.17, 15) is 32.7 Å². The maximum Gasteiger partial charge on any atom is 0.416 e. The molecule has 7 rings (SSSR count). The summed E-state index contributed by atoms with van der Waals surface area (Å²) in [6.07, 6.45) is -3.13. The number of hydrogen-bond acceptors (Lipinski definition) is 11. The topological polar surface area (TPSA) is 157 Å². The number of anilines is 3. The molecule has 294 valence electrons. The number of nitrogens with zero attached hydrogens (tertiary/aromatic N) is 10. The Kier molecular flexibility index (Phi) is 10.6. The summed E-state index contributed by atoms with van der Waals surface area (Å²) in [5, 5.41) is 17.4. The first-order valence-corrected chi connectivity index (χ1v) is 18.4. The number of carbonyl (C=O) groups is 2. The first-order chi connectivity index (χ1) is 26.7. The van der Waals surface area contributed by atoms with E-state index >= 15 is 0 Å². The number of alkyl halides is 3. The minimum Gasteiger partial charge on any atom is -0.504 e. The van der Waals surface area contributed by atoms with Gasteiger partial charge in [-0.1, -0.05) is 18.5 Å². The third-order valence-electron chi connectivity index (χ3n) is 10.1. The minimum absolute atomic E-state index is 0.0201. The molecule has 2 aliphatic rings. The van der Waals surface area contributed by atoms with Crippen molar-refractivity contribution >= 4 is 46.3 Å². The molecule has 15 nitrogen and oxygen atoms in total. The van der Waals surface area contributed by atoms with Crippen LogP contribution in [0, 0.1) is 6.92 Å². The van der Waals surface area contributed by atoms with Gasteiger partial charge in [0.25, 0.3) is 11.5 Å². The summed E-state index contributed by atoms with van der Waals surface area (Å²) in [5.41, 5.74) is 1.11. The van der Waals surface area contributed by atoms with E-state index in [4.69, 9.17) is 16.6 Å². The Morgan fingerprint density at radius 1 is 0.946 bits per heavy atom. The third kappa shape index (κ3) is 7.58. The molecule has 3 aromatic heterocycles. The van der Waals surface area contributed by atoms with Gasteiger partial charge >= 0.3 is 6.18 Å². The fourth-order valence-electron chi connectivity index (χ4n) is 6.97. The Balaban J connectivity index is 1.23. The maximum absolute atomic E-state index is 14.4. The van der Waals surface area contributed by atoms with E-state index in [1.807, 2.05) is 36.1 Å². The second kappa shape index (κ2) is 15.4. The van der Waals surface area contributed by atoms with Gasteiger partial charge in [-0.15, -0.1) is 5.10 Å². The number of aromatic hydroxyl groups is 1. The number of piperazine rings is 2. The van der Waals surface area contributed by atoms with Crippen LogP contribution in [0.3, 0.4) is 0 Å². The summed E-state index contributed by atoms with van der Waals surface area (Å²) in [6.45, 7) is 7.50. The van der Waals surface area contributed by atoms with Crippen LogP contribution < -0.4 is 20.7 Å². The Bertz CT molecular complexity index is 2350. The molecule has 2 aromatic carbocycles. The van der Waals surface area contributed by atoms with E-state index in [0.29, 0.717) is 11.3 Å². The highest BCUT2D eigenvalue weighted by atomic mass is 35.5. The van der Waals surface area contributed by atoms with Gasteiger partial charge in [0.15, 0.2) is 17.3 Å². The highest BCUT2D eigenvalue weighted by Gasteiger charge is 2.32. The second-order valence-corrected chi connectivity index (χ2v) is 14.1. The fourth-order valence-corrected chi connectivity index (χ4v) is 7.20. The van der Waals surface area contributed by atoms with Crippen molar-refractivity contribution in [1.82, 2.24) is 38.9 Å². The Hall–Kier alpha value is -5.75. The lowest BCUT2D eigenvalue weighted by Gasteiger charge is -2.36. The van der Waals surface area contributed by atoms with Crippen molar-refractivity contribution in [3.05, 3.63) is 86.8 Å². The number of fused-ring (bicyclic) bond motifs is 1. The quantitative estimate of drug-likeness (QED) is 0.235. The van der Waals surface area contributed by atoms with E-state index in [2.05, 4.69) is 37.2 Å². The summed E-state index contributed by atoms with van der Waals surface area (Å²) in [7, 11) is 2.09. The van der Waals surface area contributed by atoms with Crippen LogP contribution in [0.4, 0.5) is 30.2 Å². The molecular weight excluding hydrogens is 755 g/mol. The largest absolute Gasteiger partial charge is 0.504 e. The lowest BCUT2D eigenvalue weighted by molar-refractivity contribution is -0.137. The summed E-state index contributed by atoms with van der Waals surface area (Å²) in [6, 6.07) is 10.4. The smallest absolute Gasteiger partial charge is 0.416 e. The van der Waals surface area contributed by atoms with Gasteiger partial charge in [0.05, 0.1) is 27.7 Å². The molecule has 2 saturated heterocycles. The first kappa shape index (κ1) is 38.5. The molecule has 5 aromatic rings. The first-order valence-electron chi connectivity index (χ1n) is 18.0. The van der Waals surface area contributed by atoms with Gasteiger partial charge in [-0.05, 0) is 62.9 Å². The number of aromatic nitrogens is 6. The normalized spacial score (nSPS) is 15.4. The van der Waals surface area contributed by atoms with Gasteiger partial charge in [0.2, 0.25) is 11.7 Å². The number of nitrogens with one attached hydrogen (secondary N) is 1. The van der Waals surface area contributed by atoms with Crippen molar-refractivity contribution < 1.29 is 27.9 Å². The lowest BCUT2D eigenvalue weighted by atomic mass is 10.1. The van der Waals surface area contributed by atoms with E-state index in [1.54, 1.807) is 11.5 Å². The standard InChI is InChI=1S/C37H39ClF3N11O4/c1-4-28-31(49-15-17-50(18-16-49)34(55)30-32(54)22(2)42-21-43-30)35(56)52-36(51(28)20-29(53)44-27-10-7-24(19-26(27)38)37(39,40)41)45-33(46-52)23-5-8-25(9-6-23)48-13-11-47(3)12-14-48/h5-10,19,21,54H,4,11-18,20H2,1-3H3,(H,44,53). The average molecular weight is 794 g/mol. The second-order valence-electron chi connectivity index (χ2n) is 13.7. The zero-order valence-electron chi connectivity index (χ0n) is 30.8. The van der Waals surface area contributed by atoms with Crippen LogP contribution in [0.15, 0.2) is 53.6 Å². The summed E-state index contributed by atoms with van der Waals surface area (Å²) in [4.78, 5) is 61.9. The Morgan fingerprint density at radius 2 is 1.62 bits per heavy atom. The average Bonchev–Trinajstić information content (AvgIpc) is 3.64. The molecule has 2 amide bonds. The zero-order valence-corrected chi connectivity index (χ0v) is 31.6. The number of halogens is 4. The summed E-state index contributed by atoms with van der Waals surface area (Å²) >= 11 is 6.16. The predicted octanol–water partition coefficient (Wildman–Crippen LogP) is 3.95. The Labute approximate surface area is 323 Å². The SMILES string of the molecule is CCc1c(N2CCN(C(=O)c3ncnc(C)c3O)CC2)c(=O)n2nc(-c3ccc(N4CCN(C)CC4)cc3)nc2n1CC(=O)Nc1ccc(C(F)(F)F)cc1Cl. The van der Waals surface area contributed by atoms with Crippen molar-refractivity contribution in [2.75, 3.05) is 74.5 Å². The molecule has 5 heterocycles. The van der Waals surface area contributed by atoms with Gasteiger partial charge < -0.3 is 34.6 Å². The van der Waals surface area contributed by atoms with Gasteiger partial charge in [0.1, 0.15) is 18.6 Å². The number of amides is 2. The number of benzene rings is 2. The molecule has 2 aliphatic heterocycles. The van der Waals surface area contributed by atoms with E-state index in [1.165, 1.54) is 11.2 Å². The molecule has 19 heteroatoms. The van der Waals surface area contributed by atoms with E-state index in [-0.39, 0.29) is 84.3 Å². The molecule has 0 radical (unpaired) electrons. The third-order valence-corrected chi connectivity index (χ3v) is 10.4. The van der Waals surface area contributed by atoms with Crippen LogP contribution in [-0.2, 0) is 23.9 Å². The summed E-state index contributed by atoms with van der Waals surface area (Å²) in [5.74, 6) is -1.07. The number of rotatable bonds is 8. The van der Waals surface area contributed by atoms with E-state index in [0.717, 1.165) is 54.6 Å². The van der Waals surface area contributed by atoms with Crippen molar-refractivity contribution in [1.29, 1.82) is 0 Å². The van der Waals surface area contributed by atoms with Crippen LogP contribution in [0.2, 0.25) is 5.02 Å². The number of aryl methyl sites for hydroxylation is 1. The molecule has 0 spiro atoms. The fraction of sp³-hybridized carbons (Fsp3) is 0.378. The zero-order chi connectivity index (χ0) is 39.9. The van der Waals surface area contributed by atoms with Gasteiger partial charge in [-0.25, -0.2) is 9.97 Å². The molecule has 2 N–H and O–H groups in total. The van der Waals surface area contributed by atoms with Gasteiger partial charge in [0, 0.05) is 63.6 Å². The highest BCUT2D eigenvalue weighted by molar-refractivity contribution is 6.33. The molecule has 0 saturated carbocycles. The monoisotopic (exact) mass is 793 g/mol.